The predicted octanol–water partition coefficient (Wildman–Crippen LogP) is 3.46. The van der Waals surface area contributed by atoms with Gasteiger partial charge in [-0.2, -0.15) is 5.10 Å². The maximum atomic E-state index is 5.81. The smallest absolute Gasteiger partial charge is 0.219 e. The minimum absolute atomic E-state index is 0.321. The molecule has 5 heteroatoms. The van der Waals surface area contributed by atoms with Gasteiger partial charge in [0, 0.05) is 24.3 Å². The van der Waals surface area contributed by atoms with Gasteiger partial charge in [0.25, 0.3) is 0 Å². The second kappa shape index (κ2) is 7.22. The molecule has 0 saturated carbocycles. The molecule has 2 rings (SSSR count). The first-order valence-corrected chi connectivity index (χ1v) is 7.48. The molecular formula is C16H24N4O. The van der Waals surface area contributed by atoms with Crippen molar-refractivity contribution in [3.63, 3.8) is 0 Å². The zero-order chi connectivity index (χ0) is 15.2. The molecule has 0 amide bonds. The van der Waals surface area contributed by atoms with E-state index in [-0.39, 0.29) is 0 Å². The molecule has 5 nitrogen and oxygen atoms in total. The molecule has 0 bridgehead atoms. The Bertz CT molecular complexity index is 577. The quantitative estimate of drug-likeness (QED) is 0.793. The Morgan fingerprint density at radius 1 is 1.33 bits per heavy atom. The van der Waals surface area contributed by atoms with Crippen LogP contribution in [0.3, 0.4) is 0 Å². The second-order valence-corrected chi connectivity index (χ2v) is 5.48. The molecule has 0 unspecified atom stereocenters. The SMILES string of the molecule is CCCNCc1cc(C)nc(Oc2cnn(C(C)C)c2)c1. The maximum absolute atomic E-state index is 5.81. The summed E-state index contributed by atoms with van der Waals surface area (Å²) >= 11 is 0. The van der Waals surface area contributed by atoms with E-state index in [4.69, 9.17) is 4.74 Å². The molecular weight excluding hydrogens is 264 g/mol. The van der Waals surface area contributed by atoms with E-state index in [1.165, 1.54) is 5.56 Å². The molecule has 21 heavy (non-hydrogen) atoms. The van der Waals surface area contributed by atoms with Crippen molar-refractivity contribution in [2.24, 2.45) is 0 Å². The van der Waals surface area contributed by atoms with Crippen molar-refractivity contribution >= 4 is 0 Å². The highest BCUT2D eigenvalue weighted by Gasteiger charge is 2.06. The van der Waals surface area contributed by atoms with E-state index in [9.17, 15) is 0 Å². The molecule has 0 aromatic carbocycles. The van der Waals surface area contributed by atoms with Gasteiger partial charge in [-0.15, -0.1) is 0 Å². The summed E-state index contributed by atoms with van der Waals surface area (Å²) in [4.78, 5) is 4.42. The molecule has 0 aliphatic rings. The predicted molar refractivity (Wildman–Crippen MR) is 83.7 cm³/mol. The van der Waals surface area contributed by atoms with Crippen LogP contribution in [-0.2, 0) is 6.54 Å². The second-order valence-electron chi connectivity index (χ2n) is 5.48. The molecule has 1 N–H and O–H groups in total. The lowest BCUT2D eigenvalue weighted by Crippen LogP contribution is -2.14. The lowest BCUT2D eigenvalue weighted by molar-refractivity contribution is 0.456. The lowest BCUT2D eigenvalue weighted by atomic mass is 10.2. The van der Waals surface area contributed by atoms with Gasteiger partial charge in [0.05, 0.1) is 12.4 Å². The van der Waals surface area contributed by atoms with Crippen LogP contribution in [0.15, 0.2) is 24.5 Å². The summed E-state index contributed by atoms with van der Waals surface area (Å²) < 4.78 is 7.68. The van der Waals surface area contributed by atoms with E-state index >= 15 is 0 Å². The van der Waals surface area contributed by atoms with Gasteiger partial charge in [-0.1, -0.05) is 6.92 Å². The average Bonchev–Trinajstić information content (AvgIpc) is 2.87. The first-order chi connectivity index (χ1) is 10.1. The van der Waals surface area contributed by atoms with Gasteiger partial charge >= 0.3 is 0 Å². The van der Waals surface area contributed by atoms with Crippen LogP contribution in [0, 0.1) is 6.92 Å². The van der Waals surface area contributed by atoms with Crippen LogP contribution < -0.4 is 10.1 Å². The molecule has 0 radical (unpaired) electrons. The molecule has 2 aromatic rings. The Kier molecular flexibility index (Phi) is 5.33. The largest absolute Gasteiger partial charge is 0.436 e. The normalized spacial score (nSPS) is 11.1. The van der Waals surface area contributed by atoms with Crippen molar-refractivity contribution in [3.8, 4) is 11.6 Å². The van der Waals surface area contributed by atoms with Crippen LogP contribution in [0.1, 0.15) is 44.5 Å². The highest BCUT2D eigenvalue weighted by Crippen LogP contribution is 2.21. The van der Waals surface area contributed by atoms with Crippen molar-refractivity contribution in [2.45, 2.75) is 46.7 Å². The Morgan fingerprint density at radius 3 is 2.81 bits per heavy atom. The van der Waals surface area contributed by atoms with E-state index in [2.05, 4.69) is 42.2 Å². The monoisotopic (exact) mass is 288 g/mol. The molecule has 0 aliphatic carbocycles. The van der Waals surface area contributed by atoms with Gasteiger partial charge in [0.2, 0.25) is 5.88 Å². The molecule has 2 aromatic heterocycles. The minimum Gasteiger partial charge on any atom is -0.436 e. The summed E-state index contributed by atoms with van der Waals surface area (Å²) in [6.07, 6.45) is 4.74. The topological polar surface area (TPSA) is 52.0 Å². The van der Waals surface area contributed by atoms with Crippen LogP contribution in [0.2, 0.25) is 0 Å². The van der Waals surface area contributed by atoms with Gasteiger partial charge in [-0.05, 0) is 45.4 Å². The third kappa shape index (κ3) is 4.56. The summed E-state index contributed by atoms with van der Waals surface area (Å²) in [5, 5.41) is 7.66. The number of aryl methyl sites for hydroxylation is 1. The fraction of sp³-hybridized carbons (Fsp3) is 0.500. The van der Waals surface area contributed by atoms with Crippen LogP contribution >= 0.6 is 0 Å². The third-order valence-corrected chi connectivity index (χ3v) is 3.07. The highest BCUT2D eigenvalue weighted by molar-refractivity contribution is 5.28. The van der Waals surface area contributed by atoms with E-state index in [0.717, 1.165) is 25.2 Å². The Morgan fingerprint density at radius 2 is 2.14 bits per heavy atom. The molecule has 2 heterocycles. The highest BCUT2D eigenvalue weighted by atomic mass is 16.5. The fourth-order valence-electron chi connectivity index (χ4n) is 2.05. The van der Waals surface area contributed by atoms with Gasteiger partial charge in [0.1, 0.15) is 0 Å². The van der Waals surface area contributed by atoms with E-state index < -0.39 is 0 Å². The number of nitrogens with one attached hydrogen (secondary N) is 1. The Labute approximate surface area is 126 Å². The van der Waals surface area contributed by atoms with Crippen LogP contribution in [-0.4, -0.2) is 21.3 Å². The van der Waals surface area contributed by atoms with Crippen LogP contribution in [0.5, 0.6) is 11.6 Å². The zero-order valence-electron chi connectivity index (χ0n) is 13.3. The number of pyridine rings is 1. The standard InChI is InChI=1S/C16H24N4O/c1-5-6-17-9-14-7-13(4)19-16(8-14)21-15-10-18-20(11-15)12(2)3/h7-8,10-12,17H,5-6,9H2,1-4H3. The number of ether oxygens (including phenoxy) is 1. The first kappa shape index (κ1) is 15.5. The fourth-order valence-corrected chi connectivity index (χ4v) is 2.05. The van der Waals surface area contributed by atoms with Crippen molar-refractivity contribution in [1.82, 2.24) is 20.1 Å². The van der Waals surface area contributed by atoms with Crippen molar-refractivity contribution in [1.29, 1.82) is 0 Å². The van der Waals surface area contributed by atoms with Gasteiger partial charge < -0.3 is 10.1 Å². The zero-order valence-corrected chi connectivity index (χ0v) is 13.3. The number of aromatic nitrogens is 3. The number of hydrogen-bond donors (Lipinski definition) is 1. The molecule has 0 fully saturated rings. The van der Waals surface area contributed by atoms with E-state index in [1.807, 2.05) is 23.9 Å². The summed E-state index contributed by atoms with van der Waals surface area (Å²) in [7, 11) is 0. The van der Waals surface area contributed by atoms with Crippen LogP contribution in [0.4, 0.5) is 0 Å². The lowest BCUT2D eigenvalue weighted by Gasteiger charge is -2.08. The van der Waals surface area contributed by atoms with Crippen molar-refractivity contribution in [3.05, 3.63) is 35.8 Å². The van der Waals surface area contributed by atoms with Crippen LogP contribution in [0.25, 0.3) is 0 Å². The first-order valence-electron chi connectivity index (χ1n) is 7.48. The molecule has 0 atom stereocenters. The van der Waals surface area contributed by atoms with E-state index in [0.29, 0.717) is 17.7 Å². The summed E-state index contributed by atoms with van der Waals surface area (Å²) in [6, 6.07) is 4.37. The average molecular weight is 288 g/mol. The molecule has 0 aliphatic heterocycles. The molecule has 0 saturated heterocycles. The Balaban J connectivity index is 2.07. The molecule has 0 spiro atoms. The van der Waals surface area contributed by atoms with Crippen molar-refractivity contribution < 1.29 is 4.74 Å². The third-order valence-electron chi connectivity index (χ3n) is 3.07. The minimum atomic E-state index is 0.321. The number of nitrogens with zero attached hydrogens (tertiary/aromatic N) is 3. The summed E-state index contributed by atoms with van der Waals surface area (Å²) in [5.74, 6) is 1.33. The molecule has 114 valence electrons. The van der Waals surface area contributed by atoms with Gasteiger partial charge in [-0.3, -0.25) is 4.68 Å². The maximum Gasteiger partial charge on any atom is 0.219 e. The Hall–Kier alpha value is -1.88. The number of hydrogen-bond acceptors (Lipinski definition) is 4. The summed E-state index contributed by atoms with van der Waals surface area (Å²) in [6.45, 7) is 10.1. The van der Waals surface area contributed by atoms with Gasteiger partial charge in [0.15, 0.2) is 5.75 Å². The summed E-state index contributed by atoms with van der Waals surface area (Å²) in [5.41, 5.74) is 2.14. The van der Waals surface area contributed by atoms with Crippen molar-refractivity contribution in [2.75, 3.05) is 6.54 Å². The van der Waals surface area contributed by atoms with Gasteiger partial charge in [-0.25, -0.2) is 4.98 Å². The van der Waals surface area contributed by atoms with E-state index in [1.54, 1.807) is 6.20 Å². The number of rotatable bonds is 7.